The summed E-state index contributed by atoms with van der Waals surface area (Å²) in [5.74, 6) is -0.182. The minimum atomic E-state index is -0.202. The topological polar surface area (TPSA) is 35.2 Å². The molecule has 1 saturated carbocycles. The van der Waals surface area contributed by atoms with E-state index in [-0.39, 0.29) is 17.5 Å². The molecular formula is C18H28FNO. The predicted octanol–water partition coefficient (Wildman–Crippen LogP) is 4.13. The summed E-state index contributed by atoms with van der Waals surface area (Å²) < 4.78 is 19.4. The fraction of sp³-hybridized carbons (Fsp3) is 0.667. The molecule has 1 aliphatic rings. The van der Waals surface area contributed by atoms with Crippen molar-refractivity contribution >= 4 is 0 Å². The van der Waals surface area contributed by atoms with Crippen molar-refractivity contribution in [3.05, 3.63) is 35.1 Å². The second-order valence-electron chi connectivity index (χ2n) is 6.29. The van der Waals surface area contributed by atoms with Crippen molar-refractivity contribution in [2.75, 3.05) is 6.61 Å². The van der Waals surface area contributed by atoms with E-state index in [9.17, 15) is 4.39 Å². The van der Waals surface area contributed by atoms with Gasteiger partial charge in [-0.05, 0) is 56.4 Å². The molecule has 1 fully saturated rings. The zero-order valence-corrected chi connectivity index (χ0v) is 13.3. The first-order valence-corrected chi connectivity index (χ1v) is 8.22. The number of benzene rings is 1. The molecule has 1 aromatic rings. The van der Waals surface area contributed by atoms with Gasteiger partial charge in [0.25, 0.3) is 0 Å². The summed E-state index contributed by atoms with van der Waals surface area (Å²) in [6.07, 6.45) is 7.77. The van der Waals surface area contributed by atoms with Crippen molar-refractivity contribution in [2.45, 2.75) is 70.4 Å². The Labute approximate surface area is 127 Å². The van der Waals surface area contributed by atoms with Gasteiger partial charge in [0.15, 0.2) is 0 Å². The average Bonchev–Trinajstić information content (AvgIpc) is 2.69. The third-order valence-electron chi connectivity index (χ3n) is 4.80. The summed E-state index contributed by atoms with van der Waals surface area (Å²) in [7, 11) is 0. The van der Waals surface area contributed by atoms with E-state index in [1.165, 1.54) is 31.7 Å². The Kier molecular flexibility index (Phi) is 5.77. The number of hydrogen-bond acceptors (Lipinski definition) is 2. The standard InChI is InChI=1S/C18H28FNO/c1-3-21-18(10-6-4-5-7-11-18)17(20)13-15-8-9-16(19)12-14(15)2/h8-9,12,17H,3-7,10-11,13,20H2,1-2H3. The molecule has 1 aliphatic carbocycles. The van der Waals surface area contributed by atoms with Crippen LogP contribution in [0.4, 0.5) is 4.39 Å². The lowest BCUT2D eigenvalue weighted by Gasteiger charge is -2.38. The molecule has 0 bridgehead atoms. The van der Waals surface area contributed by atoms with Gasteiger partial charge in [0.1, 0.15) is 5.82 Å². The SMILES string of the molecule is CCOC1(C(N)Cc2ccc(F)cc2C)CCCCCC1. The summed E-state index contributed by atoms with van der Waals surface area (Å²) in [5.41, 5.74) is 8.47. The van der Waals surface area contributed by atoms with Crippen LogP contribution in [0.5, 0.6) is 0 Å². The highest BCUT2D eigenvalue weighted by Gasteiger charge is 2.37. The molecule has 3 heteroatoms. The fourth-order valence-corrected chi connectivity index (χ4v) is 3.55. The molecule has 0 aliphatic heterocycles. The first kappa shape index (κ1) is 16.4. The van der Waals surface area contributed by atoms with E-state index in [0.29, 0.717) is 6.61 Å². The Morgan fingerprint density at radius 3 is 2.48 bits per heavy atom. The number of ether oxygens (including phenoxy) is 1. The molecule has 0 aromatic heterocycles. The Balaban J connectivity index is 2.15. The maximum absolute atomic E-state index is 13.2. The molecule has 1 unspecified atom stereocenters. The molecule has 2 N–H and O–H groups in total. The second-order valence-corrected chi connectivity index (χ2v) is 6.29. The maximum atomic E-state index is 13.2. The van der Waals surface area contributed by atoms with Crippen LogP contribution in [0.1, 0.15) is 56.6 Å². The van der Waals surface area contributed by atoms with Gasteiger partial charge in [0.05, 0.1) is 5.60 Å². The van der Waals surface area contributed by atoms with E-state index in [4.69, 9.17) is 10.5 Å². The molecule has 2 nitrogen and oxygen atoms in total. The van der Waals surface area contributed by atoms with E-state index in [1.54, 1.807) is 6.07 Å². The molecule has 0 amide bonds. The quantitative estimate of drug-likeness (QED) is 0.828. The van der Waals surface area contributed by atoms with E-state index in [2.05, 4.69) is 0 Å². The van der Waals surface area contributed by atoms with Gasteiger partial charge in [0.2, 0.25) is 0 Å². The molecule has 0 radical (unpaired) electrons. The average molecular weight is 293 g/mol. The molecule has 118 valence electrons. The van der Waals surface area contributed by atoms with E-state index in [0.717, 1.165) is 30.4 Å². The highest BCUT2D eigenvalue weighted by atomic mass is 19.1. The number of hydrogen-bond donors (Lipinski definition) is 1. The predicted molar refractivity (Wildman–Crippen MR) is 84.9 cm³/mol. The second kappa shape index (κ2) is 7.37. The van der Waals surface area contributed by atoms with Crippen molar-refractivity contribution in [3.63, 3.8) is 0 Å². The summed E-state index contributed by atoms with van der Waals surface area (Å²) in [4.78, 5) is 0. The Hall–Kier alpha value is -0.930. The molecule has 21 heavy (non-hydrogen) atoms. The van der Waals surface area contributed by atoms with Gasteiger partial charge in [-0.15, -0.1) is 0 Å². The number of aryl methyl sites for hydroxylation is 1. The largest absolute Gasteiger partial charge is 0.374 e. The van der Waals surface area contributed by atoms with E-state index < -0.39 is 0 Å². The van der Waals surface area contributed by atoms with Gasteiger partial charge >= 0.3 is 0 Å². The van der Waals surface area contributed by atoms with Crippen molar-refractivity contribution in [1.82, 2.24) is 0 Å². The fourth-order valence-electron chi connectivity index (χ4n) is 3.55. The van der Waals surface area contributed by atoms with Crippen molar-refractivity contribution in [1.29, 1.82) is 0 Å². The van der Waals surface area contributed by atoms with Crippen molar-refractivity contribution in [2.24, 2.45) is 5.73 Å². The first-order valence-electron chi connectivity index (χ1n) is 8.22. The molecule has 0 saturated heterocycles. The van der Waals surface area contributed by atoms with Crippen LogP contribution < -0.4 is 5.73 Å². The van der Waals surface area contributed by atoms with Gasteiger partial charge in [-0.25, -0.2) is 4.39 Å². The van der Waals surface area contributed by atoms with Crippen LogP contribution in [0.15, 0.2) is 18.2 Å². The van der Waals surface area contributed by atoms with E-state index in [1.807, 2.05) is 19.9 Å². The van der Waals surface area contributed by atoms with Crippen LogP contribution in [0, 0.1) is 12.7 Å². The van der Waals surface area contributed by atoms with Crippen molar-refractivity contribution in [3.8, 4) is 0 Å². The van der Waals surface area contributed by atoms with Crippen LogP contribution in [0.2, 0.25) is 0 Å². The van der Waals surface area contributed by atoms with Crippen LogP contribution in [0.3, 0.4) is 0 Å². The van der Waals surface area contributed by atoms with Gasteiger partial charge in [0, 0.05) is 12.6 Å². The summed E-state index contributed by atoms with van der Waals surface area (Å²) in [6.45, 7) is 4.70. The Bertz CT molecular complexity index is 453. The van der Waals surface area contributed by atoms with E-state index >= 15 is 0 Å². The third-order valence-corrected chi connectivity index (χ3v) is 4.80. The lowest BCUT2D eigenvalue weighted by Crippen LogP contribution is -2.51. The minimum absolute atomic E-state index is 0.0280. The molecule has 1 atom stereocenters. The monoisotopic (exact) mass is 293 g/mol. The van der Waals surface area contributed by atoms with Gasteiger partial charge in [-0.3, -0.25) is 0 Å². The van der Waals surface area contributed by atoms with Gasteiger partial charge in [-0.1, -0.05) is 31.7 Å². The molecule has 0 spiro atoms. The first-order chi connectivity index (χ1) is 10.1. The lowest BCUT2D eigenvalue weighted by atomic mass is 9.82. The van der Waals surface area contributed by atoms with Crippen LogP contribution in [-0.2, 0) is 11.2 Å². The van der Waals surface area contributed by atoms with Crippen LogP contribution in [-0.4, -0.2) is 18.2 Å². The molecule has 1 aromatic carbocycles. The summed E-state index contributed by atoms with van der Waals surface area (Å²) in [6, 6.07) is 4.94. The summed E-state index contributed by atoms with van der Waals surface area (Å²) in [5, 5.41) is 0. The Morgan fingerprint density at radius 1 is 1.24 bits per heavy atom. The van der Waals surface area contributed by atoms with Crippen LogP contribution >= 0.6 is 0 Å². The highest BCUT2D eigenvalue weighted by Crippen LogP contribution is 2.34. The molecule has 0 heterocycles. The maximum Gasteiger partial charge on any atom is 0.123 e. The third kappa shape index (κ3) is 4.04. The summed E-state index contributed by atoms with van der Waals surface area (Å²) >= 11 is 0. The molecular weight excluding hydrogens is 265 g/mol. The van der Waals surface area contributed by atoms with Crippen molar-refractivity contribution < 1.29 is 9.13 Å². The van der Waals surface area contributed by atoms with Gasteiger partial charge < -0.3 is 10.5 Å². The zero-order valence-electron chi connectivity index (χ0n) is 13.3. The normalized spacial score (nSPS) is 20.0. The lowest BCUT2D eigenvalue weighted by molar-refractivity contribution is -0.0683. The number of halogens is 1. The highest BCUT2D eigenvalue weighted by molar-refractivity contribution is 5.28. The number of rotatable bonds is 5. The van der Waals surface area contributed by atoms with Crippen LogP contribution in [0.25, 0.3) is 0 Å². The number of nitrogens with two attached hydrogens (primary N) is 1. The minimum Gasteiger partial charge on any atom is -0.374 e. The van der Waals surface area contributed by atoms with Gasteiger partial charge in [-0.2, -0.15) is 0 Å². The molecule has 2 rings (SSSR count). The zero-order chi connectivity index (χ0) is 15.3. The smallest absolute Gasteiger partial charge is 0.123 e. The Morgan fingerprint density at radius 2 is 1.90 bits per heavy atom.